The van der Waals surface area contributed by atoms with E-state index in [1.165, 1.54) is 67.4 Å². The summed E-state index contributed by atoms with van der Waals surface area (Å²) in [5.41, 5.74) is 14.7. The van der Waals surface area contributed by atoms with Crippen molar-refractivity contribution in [1.29, 1.82) is 0 Å². The van der Waals surface area contributed by atoms with Crippen molar-refractivity contribution in [1.82, 2.24) is 36.2 Å². The normalized spacial score (nSPS) is 11.8. The number of aliphatic carboxylic acids is 2. The highest BCUT2D eigenvalue weighted by Gasteiger charge is 2.33. The van der Waals surface area contributed by atoms with Crippen LogP contribution in [0.1, 0.15) is 146 Å². The molecule has 141 heavy (non-hydrogen) atoms. The highest BCUT2D eigenvalue weighted by molar-refractivity contribution is 9.11. The number of carboxylic acids is 2. The number of benzene rings is 7. The fraction of sp³-hybridized carbons (Fsp3) is 0.330. The molecule has 3 aromatic heterocycles. The van der Waals surface area contributed by atoms with Gasteiger partial charge in [0.1, 0.15) is 78.3 Å². The van der Waals surface area contributed by atoms with E-state index in [0.29, 0.717) is 31.6 Å². The number of thiocarbonyl (C=S) groups is 1. The van der Waals surface area contributed by atoms with Gasteiger partial charge < -0.3 is 85.6 Å². The number of ketones is 1. The Morgan fingerprint density at radius 1 is 0.496 bits per heavy atom. The molecule has 0 aliphatic carbocycles. The number of likely N-dealkylation sites (N-methyl/N-ethyl adjacent to an activating group) is 1. The Bertz CT molecular complexity index is 5840. The van der Waals surface area contributed by atoms with Gasteiger partial charge in [-0.1, -0.05) is 195 Å². The van der Waals surface area contributed by atoms with Crippen LogP contribution in [0.4, 0.5) is 36.3 Å². The second-order valence-electron chi connectivity index (χ2n) is 32.8. The fourth-order valence-corrected chi connectivity index (χ4v) is 14.4. The van der Waals surface area contributed by atoms with Crippen molar-refractivity contribution in [3.63, 3.8) is 0 Å². The van der Waals surface area contributed by atoms with Crippen LogP contribution < -0.4 is 46.9 Å². The van der Waals surface area contributed by atoms with E-state index in [-0.39, 0.29) is 77.3 Å². The number of rotatable bonds is 31. The van der Waals surface area contributed by atoms with Crippen molar-refractivity contribution in [2.75, 3.05) is 26.6 Å². The summed E-state index contributed by atoms with van der Waals surface area (Å²) in [5.74, 6) is -18.3. The van der Waals surface area contributed by atoms with Crippen molar-refractivity contribution in [3.8, 4) is 49.0 Å². The number of methoxy groups -OCH3 is 2. The minimum Gasteiger partial charge on any atom is -0.489 e. The Morgan fingerprint density at radius 3 is 1.16 bits per heavy atom. The lowest BCUT2D eigenvalue weighted by molar-refractivity contribution is -0.144. The lowest BCUT2D eigenvalue weighted by Crippen LogP contribution is -2.45. The zero-order valence-electron chi connectivity index (χ0n) is 79.3. The van der Waals surface area contributed by atoms with E-state index in [2.05, 4.69) is 88.9 Å². The number of carbonyl (C=O) groups is 11. The molecule has 0 radical (unpaired) electrons. The number of aromatic nitrogens is 3. The first kappa shape index (κ1) is 121. The first-order valence-electron chi connectivity index (χ1n) is 42.3. The number of halogens is 9. The van der Waals surface area contributed by atoms with E-state index in [1.807, 2.05) is 146 Å². The molecule has 4 amide bonds. The van der Waals surface area contributed by atoms with E-state index < -0.39 is 142 Å². The quantitative estimate of drug-likeness (QED) is 0.00292. The van der Waals surface area contributed by atoms with Crippen LogP contribution in [0.25, 0.3) is 31.7 Å². The molecule has 0 saturated heterocycles. The van der Waals surface area contributed by atoms with E-state index in [1.54, 1.807) is 93.7 Å². The molecule has 0 bridgehead atoms. The monoisotopic (exact) mass is 2200 g/mol. The van der Waals surface area contributed by atoms with Gasteiger partial charge in [0.25, 0.3) is 5.91 Å². The Morgan fingerprint density at radius 2 is 0.844 bits per heavy atom. The molecule has 0 aliphatic heterocycles. The van der Waals surface area contributed by atoms with E-state index in [4.69, 9.17) is 80.4 Å². The third-order valence-electron chi connectivity index (χ3n) is 16.9. The number of carboxylic acid groups (broad SMARTS) is 2. The van der Waals surface area contributed by atoms with Gasteiger partial charge in [-0.25, -0.2) is 66.5 Å². The maximum atomic E-state index is 13.5. The van der Waals surface area contributed by atoms with Crippen LogP contribution in [0.3, 0.4) is 0 Å². The average Bonchev–Trinajstić information content (AvgIpc) is 1.34. The number of thiazole rings is 3. The number of Topliss-reactive ketones (excluding diaryl/α,β-unsaturated/α-hetero) is 1. The molecule has 7 aromatic carbocycles. The van der Waals surface area contributed by atoms with Gasteiger partial charge in [-0.05, 0) is 131 Å². The first-order chi connectivity index (χ1) is 66.1. The summed E-state index contributed by atoms with van der Waals surface area (Å²) in [5, 5.41) is 36.1. The second kappa shape index (κ2) is 59.4. The Labute approximate surface area is 855 Å². The van der Waals surface area contributed by atoms with E-state index in [0.717, 1.165) is 55.1 Å². The van der Waals surface area contributed by atoms with Crippen LogP contribution in [0.5, 0.6) is 17.2 Å². The largest absolute Gasteiger partial charge is 0.489 e. The molecule has 0 fully saturated rings. The second-order valence-corrected chi connectivity index (χ2v) is 38.3. The summed E-state index contributed by atoms with van der Waals surface area (Å²) in [7, 11) is 3.93. The number of nitrogens with two attached hydrogens (primary N) is 2. The summed E-state index contributed by atoms with van der Waals surface area (Å²) in [6.45, 7) is 26.3. The van der Waals surface area contributed by atoms with Gasteiger partial charge in [-0.3, -0.25) is 14.4 Å². The van der Waals surface area contributed by atoms with E-state index in [9.17, 15) is 79.8 Å². The van der Waals surface area contributed by atoms with Gasteiger partial charge in [0.05, 0.1) is 70.0 Å². The van der Waals surface area contributed by atoms with Crippen LogP contribution >= 0.6 is 101 Å². The molecule has 760 valence electrons. The predicted molar refractivity (Wildman–Crippen MR) is 538 cm³/mol. The van der Waals surface area contributed by atoms with Gasteiger partial charge in [0.2, 0.25) is 34.8 Å². The van der Waals surface area contributed by atoms with E-state index >= 15 is 0 Å². The van der Waals surface area contributed by atoms with Crippen LogP contribution in [-0.4, -0.2) is 182 Å². The Hall–Kier alpha value is -12.4. The number of nitrogens with zero attached hydrogens (tertiary/aromatic N) is 3. The molecule has 10 rings (SSSR count). The number of amides is 4. The zero-order chi connectivity index (χ0) is 106. The summed E-state index contributed by atoms with van der Waals surface area (Å²) >= 11 is 27.4. The van der Waals surface area contributed by atoms with Gasteiger partial charge in [0, 0.05) is 77.5 Å². The van der Waals surface area contributed by atoms with Crippen molar-refractivity contribution >= 4 is 172 Å². The molecule has 10 aromatic rings. The number of nitrogens with one attached hydrogen (secondary N) is 4. The molecule has 10 N–H and O–H groups in total. The molecule has 0 saturated carbocycles. The number of alkyl carbamates (subject to hydrolysis) is 3. The molecule has 0 aliphatic rings. The molecular formula is C97H108Br2Cl2F5N9O22S4. The summed E-state index contributed by atoms with van der Waals surface area (Å²) in [4.78, 5) is 142. The average molecular weight is 2210 g/mol. The number of carbonyl (C=O) groups excluding carboxylic acids is 9. The first-order valence-corrected chi connectivity index (χ1v) is 48.0. The summed E-state index contributed by atoms with van der Waals surface area (Å²) in [6, 6.07) is 43.1. The third kappa shape index (κ3) is 44.9. The topological polar surface area (TPSA) is 450 Å². The molecular weight excluding hydrogens is 2100 g/mol. The van der Waals surface area contributed by atoms with Crippen molar-refractivity contribution in [3.05, 3.63) is 258 Å². The number of hydrogen-bond acceptors (Lipinski definition) is 28. The lowest BCUT2D eigenvalue weighted by atomic mass is 10.1. The number of esters is 4. The molecule has 0 spiro atoms. The van der Waals surface area contributed by atoms with Crippen molar-refractivity contribution in [2.45, 2.75) is 181 Å². The fourth-order valence-electron chi connectivity index (χ4n) is 10.7. The van der Waals surface area contributed by atoms with Crippen molar-refractivity contribution < 1.29 is 128 Å². The number of hydrogen-bond donors (Lipinski definition) is 8. The van der Waals surface area contributed by atoms with Crippen molar-refractivity contribution in [2.24, 2.45) is 11.5 Å². The minimum absolute atomic E-state index is 0.000520. The zero-order valence-corrected chi connectivity index (χ0v) is 87.3. The number of alkyl halides is 1. The third-order valence-corrected chi connectivity index (χ3v) is 21.5. The Balaban J connectivity index is 0.000000351. The van der Waals surface area contributed by atoms with Gasteiger partial charge in [-0.2, -0.15) is 8.78 Å². The van der Waals surface area contributed by atoms with Gasteiger partial charge >= 0.3 is 54.1 Å². The van der Waals surface area contributed by atoms with Crippen LogP contribution in [0.2, 0.25) is 10.0 Å². The summed E-state index contributed by atoms with van der Waals surface area (Å²) < 4.78 is 112. The van der Waals surface area contributed by atoms with Gasteiger partial charge in [0.15, 0.2) is 6.10 Å². The van der Waals surface area contributed by atoms with Crippen LogP contribution in [-0.2, 0) is 76.5 Å². The molecule has 44 heteroatoms. The molecule has 0 unspecified atom stereocenters. The Kier molecular flexibility index (Phi) is 50.9. The SMILES string of the molecule is C=C(Br)C[C@H](NC(=O)OC(C)(C)C)C(=O)OC.CC(C)(C)OC(=O)N[C@@H](Cc1csc(-c2ccccc2)n1)C(=O)O.CC(C)Oc1ccc(C(=O)Oc2c(F)c(F)c(F)c(F)c2F)cc1Cl.CNC(=O)[C@H](Cc1csc(-c2ccccc2)n1)OC(=O)c1ccc(OC(C)C)c(Cl)c1.COC(=O)[C@H](CC(=O)CBr)NC(=O)OC(C)(C)C.NC(=S)c1ccccc1.N[C@@H](Cc1csc(-c2ccccc2)n1)C(=O)O. The highest BCUT2D eigenvalue weighted by atomic mass is 79.9. The predicted octanol–water partition coefficient (Wildman–Crippen LogP) is 20.0. The van der Waals surface area contributed by atoms with Gasteiger partial charge in [-0.15, -0.1) is 34.0 Å². The number of ether oxygens (including phenoxy) is 9. The van der Waals surface area contributed by atoms with Crippen LogP contribution in [0, 0.1) is 29.1 Å². The molecule has 31 nitrogen and oxygen atoms in total. The smallest absolute Gasteiger partial charge is 0.408 e. The highest BCUT2D eigenvalue weighted by Crippen LogP contribution is 2.34. The maximum absolute atomic E-state index is 13.5. The summed E-state index contributed by atoms with van der Waals surface area (Å²) in [6.07, 6.45) is -2.84. The maximum Gasteiger partial charge on any atom is 0.408 e. The standard InChI is InChI=1S/C23H23ClN2O4S.C17H20N2O4S.C16H10ClF5O3.C12H12N2O2S.C11H18BrNO5.C11H18BrNO4.C7H7NS/c1-14(2)29-19-10-9-16(11-18(19)24)23(28)30-20(21(27)25-3)12-17-13-31-22(26-17)15-7-5-4-6-8-15;1-17(2,3)23-16(22)19-13(15(20)21)9-12-10-24-14(18-12)11-7-5-4-6-8-11;1-6(2)24-9-4-3-7(5-8(9)17)16(23)25-15-13(21)11(19)10(18)12(20)14(15)22;13-10(12(15)16)6-9-7-17-11(14-9)8-4-2-1-3-5-8;1-11(2,3)18-10(16)13-8(9(15)17-4)5-7(14)6-12;1-7(12)6-8(9(14)16-5)13-10(15)17-11(2,3)4;8-7(9)6-4-2-1-3-5-6/h4-11,13-14,20H,12H2,1-3H3,(H,25,27);4-8,10,13H,9H2,1-3H3,(H,19,22)(H,20,21);3-6H,1-2H3;1-5,7,10H,6,13H2,(H,15,16);8H,5-6H2,1-4H3,(H,13,16);8H,1,6H2,2-5H3,(H,13,15);1-5H,(H2,8,9)/t20-;13-;;10-;2*8-;/m00.000./s1. The van der Waals surface area contributed by atoms with Crippen LogP contribution in [0.15, 0.2) is 185 Å². The minimum atomic E-state index is -2.35. The molecule has 3 heterocycles. The lowest BCUT2D eigenvalue weighted by Gasteiger charge is -2.22. The molecule has 5 atom stereocenters.